The van der Waals surface area contributed by atoms with Gasteiger partial charge in [0, 0.05) is 19.5 Å². The molecule has 1 rings (SSSR count). The number of likely N-dealkylation sites (tertiary alicyclic amines) is 1. The van der Waals surface area contributed by atoms with Gasteiger partial charge in [0.15, 0.2) is 0 Å². The van der Waals surface area contributed by atoms with E-state index in [1.165, 1.54) is 12.8 Å². The zero-order valence-corrected chi connectivity index (χ0v) is 10.3. The van der Waals surface area contributed by atoms with Gasteiger partial charge in [0.25, 0.3) is 0 Å². The largest absolute Gasteiger partial charge is 0.361 e. The first-order chi connectivity index (χ1) is 7.74. The Hall–Kier alpha value is -0.900. The molecule has 92 valence electrons. The minimum Gasteiger partial charge on any atom is -0.361 e. The molecule has 16 heavy (non-hydrogen) atoms. The molecule has 1 unspecified atom stereocenters. The first kappa shape index (κ1) is 13.2. The Balaban J connectivity index is 1.98. The van der Waals surface area contributed by atoms with Gasteiger partial charge in [-0.3, -0.25) is 15.7 Å². The van der Waals surface area contributed by atoms with Crippen LogP contribution in [0.3, 0.4) is 0 Å². The summed E-state index contributed by atoms with van der Waals surface area (Å²) in [5.74, 6) is 0.826. The van der Waals surface area contributed by atoms with Crippen molar-refractivity contribution in [1.29, 1.82) is 5.41 Å². The summed E-state index contributed by atoms with van der Waals surface area (Å²) in [6.45, 7) is 8.64. The lowest BCUT2D eigenvalue weighted by molar-refractivity contribution is 0.492. The van der Waals surface area contributed by atoms with Crippen molar-refractivity contribution < 1.29 is 0 Å². The quantitative estimate of drug-likeness (QED) is 0.394. The number of amidine groups is 1. The molecule has 4 heteroatoms. The lowest BCUT2D eigenvalue weighted by Gasteiger charge is -2.18. The van der Waals surface area contributed by atoms with Crippen LogP contribution in [0.4, 0.5) is 0 Å². The topological polar surface area (TPSA) is 51.5 Å². The van der Waals surface area contributed by atoms with Gasteiger partial charge in [0.05, 0.1) is 12.0 Å². The molecule has 0 aromatic heterocycles. The lowest BCUT2D eigenvalue weighted by atomic mass is 10.2. The van der Waals surface area contributed by atoms with Gasteiger partial charge >= 0.3 is 0 Å². The number of nitrogens with one attached hydrogen (secondary N) is 2. The maximum atomic E-state index is 7.92. The second-order valence-electron chi connectivity index (χ2n) is 4.41. The van der Waals surface area contributed by atoms with Gasteiger partial charge in [-0.05, 0) is 45.9 Å². The van der Waals surface area contributed by atoms with Crippen molar-refractivity contribution >= 4 is 12.6 Å². The zero-order valence-electron chi connectivity index (χ0n) is 10.3. The van der Waals surface area contributed by atoms with Gasteiger partial charge in [0.1, 0.15) is 0 Å². The van der Waals surface area contributed by atoms with Crippen LogP contribution in [0, 0.1) is 5.41 Å². The van der Waals surface area contributed by atoms with Crippen LogP contribution in [0.5, 0.6) is 0 Å². The standard InChI is InChI=1S/C12H24N4/c1-11(14-2)15-8-4-3-7-12(13)16-9-5-6-10-16/h11,13,15H,2-10H2,1H3. The Bertz CT molecular complexity index is 221. The van der Waals surface area contributed by atoms with E-state index >= 15 is 0 Å². The molecule has 2 N–H and O–H groups in total. The highest BCUT2D eigenvalue weighted by Gasteiger charge is 2.13. The molecule has 0 aromatic carbocycles. The van der Waals surface area contributed by atoms with Crippen LogP contribution in [0.15, 0.2) is 4.99 Å². The molecule has 0 aliphatic carbocycles. The molecule has 1 fully saturated rings. The third kappa shape index (κ3) is 4.75. The summed E-state index contributed by atoms with van der Waals surface area (Å²) in [5, 5.41) is 11.2. The molecule has 1 aliphatic rings. The summed E-state index contributed by atoms with van der Waals surface area (Å²) in [5.41, 5.74) is 0. The molecule has 1 saturated heterocycles. The van der Waals surface area contributed by atoms with Crippen molar-refractivity contribution in [2.75, 3.05) is 19.6 Å². The lowest BCUT2D eigenvalue weighted by Crippen LogP contribution is -2.27. The fraction of sp³-hybridized carbons (Fsp3) is 0.833. The second kappa shape index (κ2) is 7.39. The van der Waals surface area contributed by atoms with Gasteiger partial charge in [0.2, 0.25) is 0 Å². The van der Waals surface area contributed by atoms with E-state index in [2.05, 4.69) is 21.9 Å². The van der Waals surface area contributed by atoms with E-state index in [1.54, 1.807) is 0 Å². The Labute approximate surface area is 98.6 Å². The monoisotopic (exact) mass is 224 g/mol. The van der Waals surface area contributed by atoms with E-state index in [0.717, 1.165) is 44.7 Å². The molecule has 0 amide bonds. The summed E-state index contributed by atoms with van der Waals surface area (Å²) >= 11 is 0. The Morgan fingerprint density at radius 2 is 2.12 bits per heavy atom. The highest BCUT2D eigenvalue weighted by molar-refractivity contribution is 5.79. The average molecular weight is 224 g/mol. The number of nitrogens with zero attached hydrogens (tertiary/aromatic N) is 2. The number of unbranched alkanes of at least 4 members (excludes halogenated alkanes) is 1. The molecule has 1 atom stereocenters. The van der Waals surface area contributed by atoms with E-state index in [1.807, 2.05) is 6.92 Å². The van der Waals surface area contributed by atoms with Crippen molar-refractivity contribution in [3.63, 3.8) is 0 Å². The third-order valence-electron chi connectivity index (χ3n) is 3.04. The van der Waals surface area contributed by atoms with E-state index in [0.29, 0.717) is 0 Å². The van der Waals surface area contributed by atoms with Gasteiger partial charge in [-0.25, -0.2) is 0 Å². The predicted octanol–water partition coefficient (Wildman–Crippen LogP) is 1.87. The highest BCUT2D eigenvalue weighted by atomic mass is 15.2. The van der Waals surface area contributed by atoms with Gasteiger partial charge < -0.3 is 4.90 Å². The summed E-state index contributed by atoms with van der Waals surface area (Å²) in [6.07, 6.45) is 5.77. The summed E-state index contributed by atoms with van der Waals surface area (Å²) < 4.78 is 0. The predicted molar refractivity (Wildman–Crippen MR) is 69.4 cm³/mol. The molecule has 0 bridgehead atoms. The molecule has 0 spiro atoms. The molecule has 1 heterocycles. The SMILES string of the molecule is C=NC(C)NCCCCC(=N)N1CCCC1. The summed E-state index contributed by atoms with van der Waals surface area (Å²) in [4.78, 5) is 6.08. The van der Waals surface area contributed by atoms with Crippen molar-refractivity contribution in [2.45, 2.75) is 45.2 Å². The average Bonchev–Trinajstić information content (AvgIpc) is 2.81. The van der Waals surface area contributed by atoms with Crippen LogP contribution in [0.25, 0.3) is 0 Å². The van der Waals surface area contributed by atoms with E-state index in [4.69, 9.17) is 5.41 Å². The third-order valence-corrected chi connectivity index (χ3v) is 3.04. The van der Waals surface area contributed by atoms with Crippen LogP contribution in [-0.4, -0.2) is 43.3 Å². The molecule has 0 aromatic rings. The van der Waals surface area contributed by atoms with Crippen LogP contribution in [-0.2, 0) is 0 Å². The van der Waals surface area contributed by atoms with Gasteiger partial charge in [-0.15, -0.1) is 0 Å². The number of hydrogen-bond donors (Lipinski definition) is 2. The van der Waals surface area contributed by atoms with Gasteiger partial charge in [-0.1, -0.05) is 0 Å². The van der Waals surface area contributed by atoms with Crippen molar-refractivity contribution in [1.82, 2.24) is 10.2 Å². The summed E-state index contributed by atoms with van der Waals surface area (Å²) in [7, 11) is 0. The fourth-order valence-corrected chi connectivity index (χ4v) is 1.94. The van der Waals surface area contributed by atoms with Crippen LogP contribution in [0.2, 0.25) is 0 Å². The molecule has 0 radical (unpaired) electrons. The zero-order chi connectivity index (χ0) is 11.8. The van der Waals surface area contributed by atoms with Crippen molar-refractivity contribution in [3.05, 3.63) is 0 Å². The van der Waals surface area contributed by atoms with Crippen molar-refractivity contribution in [3.8, 4) is 0 Å². The Morgan fingerprint density at radius 3 is 2.75 bits per heavy atom. The maximum Gasteiger partial charge on any atom is 0.0958 e. The normalized spacial score (nSPS) is 17.4. The molecule has 1 aliphatic heterocycles. The molecule has 0 saturated carbocycles. The smallest absolute Gasteiger partial charge is 0.0958 e. The minimum atomic E-state index is 0.151. The highest BCUT2D eigenvalue weighted by Crippen LogP contribution is 2.10. The first-order valence-electron chi connectivity index (χ1n) is 6.25. The minimum absolute atomic E-state index is 0.151. The van der Waals surface area contributed by atoms with Crippen molar-refractivity contribution in [2.24, 2.45) is 4.99 Å². The number of rotatable bonds is 7. The van der Waals surface area contributed by atoms with E-state index < -0.39 is 0 Å². The van der Waals surface area contributed by atoms with Crippen LogP contribution in [0.1, 0.15) is 39.0 Å². The fourth-order valence-electron chi connectivity index (χ4n) is 1.94. The number of hydrogen-bond acceptors (Lipinski definition) is 3. The molecule has 4 nitrogen and oxygen atoms in total. The van der Waals surface area contributed by atoms with Crippen LogP contribution < -0.4 is 5.32 Å². The van der Waals surface area contributed by atoms with E-state index in [-0.39, 0.29) is 6.17 Å². The molecular weight excluding hydrogens is 200 g/mol. The second-order valence-corrected chi connectivity index (χ2v) is 4.41. The maximum absolute atomic E-state index is 7.92. The van der Waals surface area contributed by atoms with E-state index in [9.17, 15) is 0 Å². The molecular formula is C12H24N4. The summed E-state index contributed by atoms with van der Waals surface area (Å²) in [6, 6.07) is 0. The Kier molecular flexibility index (Phi) is 6.08. The van der Waals surface area contributed by atoms with Gasteiger partial charge in [-0.2, -0.15) is 0 Å². The van der Waals surface area contributed by atoms with Crippen LogP contribution >= 0.6 is 0 Å². The Morgan fingerprint density at radius 1 is 1.44 bits per heavy atom. The number of aliphatic imine (C=N–C) groups is 1. The first-order valence-corrected chi connectivity index (χ1v) is 6.25.